The molecule has 1 aliphatic rings. The number of anilines is 1. The Balaban J connectivity index is 1.96. The number of aliphatic hydroxyl groups excluding tert-OH is 1. The Kier molecular flexibility index (Phi) is 5.29. The Morgan fingerprint density at radius 2 is 1.57 bits per heavy atom. The van der Waals surface area contributed by atoms with Gasteiger partial charge in [0.1, 0.15) is 11.5 Å². The maximum atomic E-state index is 13.1. The highest BCUT2D eigenvalue weighted by atomic mass is 35.5. The number of halogens is 1. The van der Waals surface area contributed by atoms with E-state index in [2.05, 4.69) is 0 Å². The van der Waals surface area contributed by atoms with Crippen molar-refractivity contribution in [1.82, 2.24) is 0 Å². The average Bonchev–Trinajstić information content (AvgIpc) is 3.05. The quantitative estimate of drug-likeness (QED) is 0.368. The van der Waals surface area contributed by atoms with E-state index in [-0.39, 0.29) is 11.3 Å². The maximum absolute atomic E-state index is 13.1. The zero-order valence-electron chi connectivity index (χ0n) is 16.1. The number of amides is 1. The van der Waals surface area contributed by atoms with E-state index in [1.165, 1.54) is 12.0 Å². The van der Waals surface area contributed by atoms with E-state index in [4.69, 9.17) is 16.3 Å². The van der Waals surface area contributed by atoms with Crippen LogP contribution in [0.1, 0.15) is 17.2 Å². The van der Waals surface area contributed by atoms with Gasteiger partial charge in [0.2, 0.25) is 0 Å². The van der Waals surface area contributed by atoms with Crippen molar-refractivity contribution in [1.29, 1.82) is 0 Å². The molecule has 0 bridgehead atoms. The molecule has 0 spiro atoms. The molecule has 0 saturated carbocycles. The second kappa shape index (κ2) is 8.05. The van der Waals surface area contributed by atoms with Crippen LogP contribution in [0, 0.1) is 0 Å². The van der Waals surface area contributed by atoms with Gasteiger partial charge in [-0.15, -0.1) is 0 Å². The molecule has 1 amide bonds. The summed E-state index contributed by atoms with van der Waals surface area (Å²) < 4.78 is 5.34. The highest BCUT2D eigenvalue weighted by Gasteiger charge is 2.47. The lowest BCUT2D eigenvalue weighted by molar-refractivity contribution is -0.132. The largest absolute Gasteiger partial charge is 0.507 e. The fourth-order valence-electron chi connectivity index (χ4n) is 3.64. The second-order valence-corrected chi connectivity index (χ2v) is 7.19. The van der Waals surface area contributed by atoms with Crippen LogP contribution in [-0.2, 0) is 9.59 Å². The number of rotatable bonds is 4. The van der Waals surface area contributed by atoms with Crippen LogP contribution in [0.4, 0.5) is 5.69 Å². The predicted molar refractivity (Wildman–Crippen MR) is 116 cm³/mol. The first-order valence-electron chi connectivity index (χ1n) is 9.28. The van der Waals surface area contributed by atoms with Gasteiger partial charge in [0.25, 0.3) is 11.7 Å². The summed E-state index contributed by atoms with van der Waals surface area (Å²) in [5.74, 6) is -1.36. The minimum atomic E-state index is -0.794. The lowest BCUT2D eigenvalue weighted by Gasteiger charge is -2.25. The van der Waals surface area contributed by atoms with Crippen LogP contribution in [0.3, 0.4) is 0 Å². The van der Waals surface area contributed by atoms with E-state index < -0.39 is 17.7 Å². The number of aliphatic hydroxyl groups is 1. The van der Waals surface area contributed by atoms with Gasteiger partial charge < -0.3 is 9.84 Å². The van der Waals surface area contributed by atoms with Crippen LogP contribution in [0.25, 0.3) is 5.76 Å². The molecule has 30 heavy (non-hydrogen) atoms. The Morgan fingerprint density at radius 3 is 2.23 bits per heavy atom. The molecule has 150 valence electrons. The molecule has 0 radical (unpaired) electrons. The monoisotopic (exact) mass is 419 g/mol. The third-order valence-corrected chi connectivity index (χ3v) is 5.28. The molecular weight excluding hydrogens is 402 g/mol. The third kappa shape index (κ3) is 3.33. The van der Waals surface area contributed by atoms with Gasteiger partial charge in [0, 0.05) is 10.7 Å². The number of carbonyl (C=O) groups is 2. The number of methoxy groups -OCH3 is 1. The van der Waals surface area contributed by atoms with Crippen molar-refractivity contribution in [2.45, 2.75) is 6.04 Å². The summed E-state index contributed by atoms with van der Waals surface area (Å²) in [6, 6.07) is 21.8. The fraction of sp³-hybridized carbons (Fsp3) is 0.0833. The van der Waals surface area contributed by atoms with Crippen molar-refractivity contribution in [2.24, 2.45) is 0 Å². The Labute approximate surface area is 178 Å². The van der Waals surface area contributed by atoms with Gasteiger partial charge in [0.15, 0.2) is 0 Å². The number of benzene rings is 3. The van der Waals surface area contributed by atoms with Crippen molar-refractivity contribution >= 4 is 34.7 Å². The van der Waals surface area contributed by atoms with Crippen LogP contribution in [0.2, 0.25) is 5.02 Å². The van der Waals surface area contributed by atoms with Crippen molar-refractivity contribution in [2.75, 3.05) is 12.0 Å². The second-order valence-electron chi connectivity index (χ2n) is 6.76. The van der Waals surface area contributed by atoms with Crippen LogP contribution in [-0.4, -0.2) is 23.9 Å². The van der Waals surface area contributed by atoms with Crippen molar-refractivity contribution in [3.63, 3.8) is 0 Å². The third-order valence-electron chi connectivity index (χ3n) is 5.03. The highest BCUT2D eigenvalue weighted by molar-refractivity contribution is 6.51. The molecule has 1 N–H and O–H groups in total. The van der Waals surface area contributed by atoms with E-state index in [1.54, 1.807) is 48.5 Å². The van der Waals surface area contributed by atoms with E-state index in [9.17, 15) is 14.7 Å². The molecule has 1 aliphatic heterocycles. The van der Waals surface area contributed by atoms with Gasteiger partial charge >= 0.3 is 0 Å². The highest BCUT2D eigenvalue weighted by Crippen LogP contribution is 2.43. The summed E-state index contributed by atoms with van der Waals surface area (Å²) in [7, 11) is 1.48. The van der Waals surface area contributed by atoms with Crippen LogP contribution in [0.5, 0.6) is 5.75 Å². The fourth-order valence-corrected chi connectivity index (χ4v) is 3.76. The minimum absolute atomic E-state index is 0.00523. The lowest BCUT2D eigenvalue weighted by Crippen LogP contribution is -2.29. The summed E-state index contributed by atoms with van der Waals surface area (Å²) >= 11 is 6.00. The first-order valence-corrected chi connectivity index (χ1v) is 9.65. The maximum Gasteiger partial charge on any atom is 0.300 e. The van der Waals surface area contributed by atoms with Gasteiger partial charge in [-0.05, 0) is 42.0 Å². The van der Waals surface area contributed by atoms with E-state index in [0.29, 0.717) is 27.6 Å². The first kappa shape index (κ1) is 19.7. The molecule has 3 aromatic rings. The van der Waals surface area contributed by atoms with Gasteiger partial charge in [-0.1, -0.05) is 54.1 Å². The standard InChI is InChI=1S/C24H18ClNO4/c1-30-19-10-6-5-9-18(19)22(27)20-21(15-7-3-2-4-8-15)26(24(29)23(20)28)17-13-11-16(25)12-14-17/h2-14,21,27H,1H3/b22-20-. The molecule has 6 heteroatoms. The zero-order chi connectivity index (χ0) is 21.3. The molecule has 0 aliphatic carbocycles. The van der Waals surface area contributed by atoms with E-state index in [1.807, 2.05) is 30.3 Å². The zero-order valence-corrected chi connectivity index (χ0v) is 16.8. The number of carbonyl (C=O) groups excluding carboxylic acids is 2. The number of hydrogen-bond acceptors (Lipinski definition) is 4. The molecule has 1 fully saturated rings. The molecule has 1 heterocycles. The summed E-state index contributed by atoms with van der Waals surface area (Å²) in [6.07, 6.45) is 0. The van der Waals surface area contributed by atoms with Crippen LogP contribution in [0.15, 0.2) is 84.4 Å². The predicted octanol–water partition coefficient (Wildman–Crippen LogP) is 4.97. The average molecular weight is 420 g/mol. The molecular formula is C24H18ClNO4. The number of Topliss-reactive ketones (excluding diaryl/α,β-unsaturated/α-hetero) is 1. The number of nitrogens with zero attached hydrogens (tertiary/aromatic N) is 1. The molecule has 1 saturated heterocycles. The molecule has 3 aromatic carbocycles. The SMILES string of the molecule is COc1ccccc1/C(O)=C1/C(=O)C(=O)N(c2ccc(Cl)cc2)C1c1ccccc1. The Bertz CT molecular complexity index is 1140. The van der Waals surface area contributed by atoms with Crippen LogP contribution >= 0.6 is 11.6 Å². The Morgan fingerprint density at radius 1 is 0.933 bits per heavy atom. The number of para-hydroxylation sites is 1. The molecule has 0 aromatic heterocycles. The van der Waals surface area contributed by atoms with Gasteiger partial charge in [0.05, 0.1) is 24.3 Å². The van der Waals surface area contributed by atoms with Crippen LogP contribution < -0.4 is 9.64 Å². The molecule has 1 unspecified atom stereocenters. The lowest BCUT2D eigenvalue weighted by atomic mass is 9.95. The van der Waals surface area contributed by atoms with Gasteiger partial charge in [-0.3, -0.25) is 14.5 Å². The van der Waals surface area contributed by atoms with Crippen molar-refractivity contribution in [3.8, 4) is 5.75 Å². The molecule has 4 rings (SSSR count). The smallest absolute Gasteiger partial charge is 0.300 e. The van der Waals surface area contributed by atoms with Gasteiger partial charge in [-0.25, -0.2) is 0 Å². The number of ether oxygens (including phenoxy) is 1. The summed E-state index contributed by atoms with van der Waals surface area (Å²) in [4.78, 5) is 27.5. The normalized spacial score (nSPS) is 17.9. The summed E-state index contributed by atoms with van der Waals surface area (Å²) in [5.41, 5.74) is 1.55. The summed E-state index contributed by atoms with van der Waals surface area (Å²) in [6.45, 7) is 0. The minimum Gasteiger partial charge on any atom is -0.507 e. The van der Waals surface area contributed by atoms with E-state index >= 15 is 0 Å². The summed E-state index contributed by atoms with van der Waals surface area (Å²) in [5, 5.41) is 11.7. The topological polar surface area (TPSA) is 66.8 Å². The first-order chi connectivity index (χ1) is 14.5. The Hall–Kier alpha value is -3.57. The number of hydrogen-bond donors (Lipinski definition) is 1. The van der Waals surface area contributed by atoms with Gasteiger partial charge in [-0.2, -0.15) is 0 Å². The number of ketones is 1. The molecule has 1 atom stereocenters. The van der Waals surface area contributed by atoms with Crippen molar-refractivity contribution < 1.29 is 19.4 Å². The van der Waals surface area contributed by atoms with E-state index in [0.717, 1.165) is 0 Å². The van der Waals surface area contributed by atoms with Crippen molar-refractivity contribution in [3.05, 3.63) is 101 Å². The molecule has 5 nitrogen and oxygen atoms in total.